The van der Waals surface area contributed by atoms with Gasteiger partial charge in [-0.15, -0.1) is 0 Å². The Morgan fingerprint density at radius 2 is 1.26 bits per heavy atom. The standard InChI is InChI=1S/C20H39NOS/c1-3-4-5-6-9-12-15-19(18(2)22)16-13-10-7-8-11-14-17-20(21)23/h19H,3-17H2,1-2H3,(H2,21,23). The third-order valence-electron chi connectivity index (χ3n) is 4.71. The van der Waals surface area contributed by atoms with Crippen molar-refractivity contribution in [2.24, 2.45) is 11.7 Å². The first-order chi connectivity index (χ1) is 11.1. The molecule has 23 heavy (non-hydrogen) atoms. The quantitative estimate of drug-likeness (QED) is 0.247. The summed E-state index contributed by atoms with van der Waals surface area (Å²) in [6.07, 6.45) is 18.3. The molecule has 0 amide bonds. The number of carbonyl (C=O) groups excluding carboxylic acids is 1. The van der Waals surface area contributed by atoms with Gasteiger partial charge in [-0.2, -0.15) is 0 Å². The van der Waals surface area contributed by atoms with Crippen LogP contribution in [0, 0.1) is 5.92 Å². The van der Waals surface area contributed by atoms with Crippen LogP contribution in [0.3, 0.4) is 0 Å². The lowest BCUT2D eigenvalue weighted by atomic mass is 9.91. The van der Waals surface area contributed by atoms with E-state index >= 15 is 0 Å². The molecule has 0 heterocycles. The molecule has 0 fully saturated rings. The summed E-state index contributed by atoms with van der Waals surface area (Å²) in [5, 5.41) is 0. The number of thiocarbonyl (C=S) groups is 1. The van der Waals surface area contributed by atoms with Crippen molar-refractivity contribution in [3.63, 3.8) is 0 Å². The molecule has 1 atom stereocenters. The molecule has 0 saturated carbocycles. The van der Waals surface area contributed by atoms with Crippen molar-refractivity contribution in [2.45, 2.75) is 110 Å². The molecule has 0 aliphatic carbocycles. The summed E-state index contributed by atoms with van der Waals surface area (Å²) in [6, 6.07) is 0. The van der Waals surface area contributed by atoms with E-state index in [-0.39, 0.29) is 0 Å². The lowest BCUT2D eigenvalue weighted by molar-refractivity contribution is -0.121. The van der Waals surface area contributed by atoms with Crippen molar-refractivity contribution in [1.29, 1.82) is 0 Å². The average molecular weight is 342 g/mol. The van der Waals surface area contributed by atoms with Gasteiger partial charge in [-0.3, -0.25) is 4.79 Å². The third kappa shape index (κ3) is 16.2. The van der Waals surface area contributed by atoms with Crippen molar-refractivity contribution >= 4 is 23.0 Å². The zero-order chi connectivity index (χ0) is 17.3. The first-order valence-electron chi connectivity index (χ1n) is 9.86. The van der Waals surface area contributed by atoms with E-state index < -0.39 is 0 Å². The van der Waals surface area contributed by atoms with Gasteiger partial charge in [0.25, 0.3) is 0 Å². The van der Waals surface area contributed by atoms with Gasteiger partial charge in [0.1, 0.15) is 5.78 Å². The fraction of sp³-hybridized carbons (Fsp3) is 0.900. The van der Waals surface area contributed by atoms with Gasteiger partial charge in [0.2, 0.25) is 0 Å². The Labute approximate surface area is 150 Å². The summed E-state index contributed by atoms with van der Waals surface area (Å²) in [4.78, 5) is 12.4. The van der Waals surface area contributed by atoms with E-state index in [2.05, 4.69) is 6.92 Å². The Bertz CT molecular complexity index is 304. The number of rotatable bonds is 17. The van der Waals surface area contributed by atoms with Crippen LogP contribution in [-0.4, -0.2) is 10.8 Å². The van der Waals surface area contributed by atoms with Gasteiger partial charge in [0.15, 0.2) is 0 Å². The van der Waals surface area contributed by atoms with E-state index in [9.17, 15) is 4.79 Å². The summed E-state index contributed by atoms with van der Waals surface area (Å²) in [5.74, 6) is 0.714. The third-order valence-corrected chi connectivity index (χ3v) is 4.91. The minimum Gasteiger partial charge on any atom is -0.393 e. The molecular weight excluding hydrogens is 302 g/mol. The number of hydrogen-bond acceptors (Lipinski definition) is 2. The Kier molecular flexibility index (Phi) is 16.1. The largest absolute Gasteiger partial charge is 0.393 e. The summed E-state index contributed by atoms with van der Waals surface area (Å²) in [7, 11) is 0. The van der Waals surface area contributed by atoms with Crippen LogP contribution in [0.4, 0.5) is 0 Å². The Balaban J connectivity index is 3.53. The number of hydrogen-bond donors (Lipinski definition) is 1. The first kappa shape index (κ1) is 22.6. The van der Waals surface area contributed by atoms with Crippen LogP contribution in [0.1, 0.15) is 110 Å². The summed E-state index contributed by atoms with van der Waals surface area (Å²) in [6.45, 7) is 4.02. The topological polar surface area (TPSA) is 43.1 Å². The van der Waals surface area contributed by atoms with Crippen molar-refractivity contribution in [3.8, 4) is 0 Å². The Hall–Kier alpha value is -0.440. The molecule has 0 spiro atoms. The molecule has 2 nitrogen and oxygen atoms in total. The van der Waals surface area contributed by atoms with Gasteiger partial charge in [0, 0.05) is 5.92 Å². The summed E-state index contributed by atoms with van der Waals surface area (Å²) < 4.78 is 0. The van der Waals surface area contributed by atoms with Crippen LogP contribution < -0.4 is 5.73 Å². The van der Waals surface area contributed by atoms with Gasteiger partial charge in [0.05, 0.1) is 4.99 Å². The van der Waals surface area contributed by atoms with Gasteiger partial charge in [-0.1, -0.05) is 89.8 Å². The average Bonchev–Trinajstić information content (AvgIpc) is 2.50. The molecule has 0 aromatic rings. The van der Waals surface area contributed by atoms with E-state index in [1.165, 1.54) is 70.6 Å². The molecule has 3 heteroatoms. The zero-order valence-corrected chi connectivity index (χ0v) is 16.4. The monoisotopic (exact) mass is 341 g/mol. The minimum absolute atomic E-state index is 0.316. The van der Waals surface area contributed by atoms with Gasteiger partial charge >= 0.3 is 0 Å². The molecule has 0 aliphatic rings. The molecular formula is C20H39NOS. The maximum absolute atomic E-state index is 11.8. The second-order valence-electron chi connectivity index (χ2n) is 6.99. The van der Waals surface area contributed by atoms with Crippen molar-refractivity contribution in [1.82, 2.24) is 0 Å². The predicted molar refractivity (Wildman–Crippen MR) is 106 cm³/mol. The normalized spacial score (nSPS) is 12.3. The van der Waals surface area contributed by atoms with Crippen LogP contribution >= 0.6 is 12.2 Å². The molecule has 0 aromatic heterocycles. The zero-order valence-electron chi connectivity index (χ0n) is 15.6. The van der Waals surface area contributed by atoms with Gasteiger partial charge in [-0.05, 0) is 32.6 Å². The lowest BCUT2D eigenvalue weighted by Gasteiger charge is -2.13. The lowest BCUT2D eigenvalue weighted by Crippen LogP contribution is -2.11. The second kappa shape index (κ2) is 16.4. The van der Waals surface area contributed by atoms with Crippen molar-refractivity contribution < 1.29 is 4.79 Å². The predicted octanol–water partition coefficient (Wildman–Crippen LogP) is 6.35. The molecule has 0 rings (SSSR count). The molecule has 136 valence electrons. The maximum Gasteiger partial charge on any atom is 0.132 e. The molecule has 0 aromatic carbocycles. The number of unbranched alkanes of at least 4 members (excludes halogenated alkanes) is 10. The molecule has 0 saturated heterocycles. The molecule has 1 unspecified atom stereocenters. The number of Topliss-reactive ketones (excluding diaryl/α,β-unsaturated/α-hetero) is 1. The van der Waals surface area contributed by atoms with Crippen molar-refractivity contribution in [3.05, 3.63) is 0 Å². The number of nitrogens with two attached hydrogens (primary N) is 1. The molecule has 0 bridgehead atoms. The molecule has 0 radical (unpaired) electrons. The van der Waals surface area contributed by atoms with Gasteiger partial charge < -0.3 is 5.73 Å². The SMILES string of the molecule is CCCCCCCCC(CCCCCCCCC(N)=S)C(C)=O. The fourth-order valence-electron chi connectivity index (χ4n) is 3.12. The summed E-state index contributed by atoms with van der Waals surface area (Å²) in [5.41, 5.74) is 5.49. The van der Waals surface area contributed by atoms with Crippen molar-refractivity contribution in [2.75, 3.05) is 0 Å². The fourth-order valence-corrected chi connectivity index (χ4v) is 3.26. The van der Waals surface area contributed by atoms with Crippen LogP contribution in [0.5, 0.6) is 0 Å². The second-order valence-corrected chi connectivity index (χ2v) is 7.51. The van der Waals surface area contributed by atoms with E-state index in [0.29, 0.717) is 16.7 Å². The molecule has 2 N–H and O–H groups in total. The van der Waals surface area contributed by atoms with Crippen LogP contribution in [0.2, 0.25) is 0 Å². The molecule has 0 aliphatic heterocycles. The summed E-state index contributed by atoms with van der Waals surface area (Å²) >= 11 is 4.88. The highest BCUT2D eigenvalue weighted by molar-refractivity contribution is 7.80. The van der Waals surface area contributed by atoms with E-state index in [1.54, 1.807) is 6.92 Å². The van der Waals surface area contributed by atoms with Crippen LogP contribution in [0.15, 0.2) is 0 Å². The van der Waals surface area contributed by atoms with Crippen LogP contribution in [0.25, 0.3) is 0 Å². The highest BCUT2D eigenvalue weighted by Crippen LogP contribution is 2.20. The number of ketones is 1. The highest BCUT2D eigenvalue weighted by Gasteiger charge is 2.13. The smallest absolute Gasteiger partial charge is 0.132 e. The van der Waals surface area contributed by atoms with E-state index in [4.69, 9.17) is 18.0 Å². The van der Waals surface area contributed by atoms with E-state index in [1.807, 2.05) is 0 Å². The Morgan fingerprint density at radius 3 is 1.70 bits per heavy atom. The maximum atomic E-state index is 11.8. The van der Waals surface area contributed by atoms with Crippen LogP contribution in [-0.2, 0) is 4.79 Å². The minimum atomic E-state index is 0.316. The number of carbonyl (C=O) groups is 1. The van der Waals surface area contributed by atoms with E-state index in [0.717, 1.165) is 25.7 Å². The Morgan fingerprint density at radius 1 is 0.826 bits per heavy atom. The van der Waals surface area contributed by atoms with Gasteiger partial charge in [-0.25, -0.2) is 0 Å². The first-order valence-corrected chi connectivity index (χ1v) is 10.3. The highest BCUT2D eigenvalue weighted by atomic mass is 32.1.